The van der Waals surface area contributed by atoms with Crippen molar-refractivity contribution >= 4 is 29.1 Å². The van der Waals surface area contributed by atoms with Gasteiger partial charge in [-0.05, 0) is 78.5 Å². The molecule has 158 valence electrons. The molecule has 1 amide bonds. The number of rotatable bonds is 4. The van der Waals surface area contributed by atoms with Gasteiger partial charge in [0.2, 0.25) is 0 Å². The molecule has 1 N–H and O–H groups in total. The number of likely N-dealkylation sites (tertiary alicyclic amines) is 1. The van der Waals surface area contributed by atoms with E-state index in [9.17, 15) is 9.35 Å². The average Bonchev–Trinajstić information content (AvgIpc) is 2.55. The molecule has 0 bridgehead atoms. The van der Waals surface area contributed by atoms with Gasteiger partial charge in [-0.2, -0.15) is 0 Å². The standard InChI is InChI=1S/C21H33ClN2O3S/c1-19(2,3)27-18(25)24-13-11-21(12-14-24,23-28(26)20(4,5)6)15-16-7-9-17(22)10-8-16/h7-10,23H,11-15H2,1-6H3. The van der Waals surface area contributed by atoms with Crippen molar-refractivity contribution in [3.8, 4) is 0 Å². The van der Waals surface area contributed by atoms with Crippen LogP contribution in [0.2, 0.25) is 5.02 Å². The quantitative estimate of drug-likeness (QED) is 0.705. The molecule has 1 fully saturated rings. The summed E-state index contributed by atoms with van der Waals surface area (Å²) < 4.78 is 21.4. The predicted molar refractivity (Wildman–Crippen MR) is 116 cm³/mol. The molecular formula is C21H33ClN2O3S. The molecule has 0 saturated carbocycles. The van der Waals surface area contributed by atoms with Crippen LogP contribution in [0.3, 0.4) is 0 Å². The van der Waals surface area contributed by atoms with E-state index in [4.69, 9.17) is 16.3 Å². The van der Waals surface area contributed by atoms with Gasteiger partial charge in [0.25, 0.3) is 0 Å². The fraction of sp³-hybridized carbons (Fsp3) is 0.667. The van der Waals surface area contributed by atoms with Gasteiger partial charge >= 0.3 is 6.09 Å². The number of benzene rings is 1. The number of nitrogens with zero attached hydrogens (tertiary/aromatic N) is 1. The number of nitrogens with one attached hydrogen (secondary N) is 1. The Labute approximate surface area is 177 Å². The highest BCUT2D eigenvalue weighted by atomic mass is 35.5. The van der Waals surface area contributed by atoms with Crippen molar-refractivity contribution < 1.29 is 14.1 Å². The van der Waals surface area contributed by atoms with E-state index in [1.54, 1.807) is 4.90 Å². The van der Waals surface area contributed by atoms with E-state index in [0.717, 1.165) is 12.0 Å². The largest absolute Gasteiger partial charge is 0.598 e. The summed E-state index contributed by atoms with van der Waals surface area (Å²) in [6.07, 6.45) is 1.85. The first kappa shape index (κ1) is 23.3. The molecule has 0 aliphatic carbocycles. The van der Waals surface area contributed by atoms with Crippen molar-refractivity contribution in [3.63, 3.8) is 0 Å². The summed E-state index contributed by atoms with van der Waals surface area (Å²) >= 11 is 4.82. The molecule has 2 rings (SSSR count). The molecule has 1 aliphatic heterocycles. The molecule has 1 unspecified atom stereocenters. The van der Waals surface area contributed by atoms with Crippen molar-refractivity contribution in [2.75, 3.05) is 13.1 Å². The fourth-order valence-electron chi connectivity index (χ4n) is 3.10. The molecule has 5 nitrogen and oxygen atoms in total. The summed E-state index contributed by atoms with van der Waals surface area (Å²) in [7, 11) is 0. The highest BCUT2D eigenvalue weighted by Crippen LogP contribution is 2.31. The third-order valence-electron chi connectivity index (χ3n) is 4.69. The highest BCUT2D eigenvalue weighted by molar-refractivity contribution is 7.90. The lowest BCUT2D eigenvalue weighted by molar-refractivity contribution is 0.0160. The van der Waals surface area contributed by atoms with E-state index < -0.39 is 17.0 Å². The van der Waals surface area contributed by atoms with Crippen LogP contribution in [0.4, 0.5) is 4.79 Å². The maximum Gasteiger partial charge on any atom is 0.410 e. The van der Waals surface area contributed by atoms with Crippen LogP contribution in [0.1, 0.15) is 59.9 Å². The molecule has 28 heavy (non-hydrogen) atoms. The smallest absolute Gasteiger partial charge is 0.410 e. The van der Waals surface area contributed by atoms with Gasteiger partial charge in [0.05, 0.1) is 5.54 Å². The van der Waals surface area contributed by atoms with Gasteiger partial charge in [0.15, 0.2) is 0 Å². The van der Waals surface area contributed by atoms with Crippen molar-refractivity contribution in [3.05, 3.63) is 34.9 Å². The Morgan fingerprint density at radius 3 is 2.18 bits per heavy atom. The third kappa shape index (κ3) is 6.83. The SMILES string of the molecule is CC(C)(C)OC(=O)N1CCC(Cc2ccc(Cl)cc2)(N[S+]([O-])C(C)(C)C)CC1. The molecule has 7 heteroatoms. The molecule has 0 spiro atoms. The van der Waals surface area contributed by atoms with Crippen LogP contribution in [-0.4, -0.2) is 44.5 Å². The van der Waals surface area contributed by atoms with Gasteiger partial charge in [0, 0.05) is 29.5 Å². The summed E-state index contributed by atoms with van der Waals surface area (Å²) in [4.78, 5) is 14.2. The van der Waals surface area contributed by atoms with Gasteiger partial charge in [0.1, 0.15) is 10.3 Å². The second-order valence-corrected chi connectivity index (χ2v) is 11.9. The number of hydrogen-bond acceptors (Lipinski definition) is 4. The average molecular weight is 429 g/mol. The molecule has 1 aromatic rings. The summed E-state index contributed by atoms with van der Waals surface area (Å²) in [6.45, 7) is 12.6. The molecule has 1 aromatic carbocycles. The van der Waals surface area contributed by atoms with E-state index in [1.807, 2.05) is 65.8 Å². The summed E-state index contributed by atoms with van der Waals surface area (Å²) in [5, 5.41) is 0.698. The first-order valence-electron chi connectivity index (χ1n) is 9.72. The van der Waals surface area contributed by atoms with E-state index in [0.29, 0.717) is 31.0 Å². The summed E-state index contributed by atoms with van der Waals surface area (Å²) in [5.41, 5.74) is 0.277. The van der Waals surface area contributed by atoms with Gasteiger partial charge in [-0.3, -0.25) is 0 Å². The monoisotopic (exact) mass is 428 g/mol. The van der Waals surface area contributed by atoms with Gasteiger partial charge in [-0.15, -0.1) is 4.72 Å². The highest BCUT2D eigenvalue weighted by Gasteiger charge is 2.43. The molecule has 0 aromatic heterocycles. The number of carbonyl (C=O) groups is 1. The second kappa shape index (κ2) is 8.82. The second-order valence-electron chi connectivity index (χ2n) is 9.53. The Hall–Kier alpha value is -0.950. The zero-order chi connectivity index (χ0) is 21.2. The first-order chi connectivity index (χ1) is 12.8. The lowest BCUT2D eigenvalue weighted by atomic mass is 9.83. The van der Waals surface area contributed by atoms with Gasteiger partial charge < -0.3 is 14.2 Å². The molecular weight excluding hydrogens is 396 g/mol. The maximum atomic E-state index is 12.9. The topological polar surface area (TPSA) is 64.6 Å². The Morgan fingerprint density at radius 1 is 1.18 bits per heavy atom. The van der Waals surface area contributed by atoms with Crippen molar-refractivity contribution in [1.29, 1.82) is 0 Å². The van der Waals surface area contributed by atoms with E-state index >= 15 is 0 Å². The minimum atomic E-state index is -1.20. The van der Waals surface area contributed by atoms with Crippen LogP contribution in [-0.2, 0) is 22.5 Å². The van der Waals surface area contributed by atoms with Crippen LogP contribution >= 0.6 is 11.6 Å². The fourth-order valence-corrected chi connectivity index (χ4v) is 4.20. The molecule has 1 atom stereocenters. The molecule has 1 saturated heterocycles. The zero-order valence-electron chi connectivity index (χ0n) is 17.8. The van der Waals surface area contributed by atoms with Crippen molar-refractivity contribution in [1.82, 2.24) is 9.62 Å². The van der Waals surface area contributed by atoms with E-state index in [1.165, 1.54) is 0 Å². The number of piperidine rings is 1. The summed E-state index contributed by atoms with van der Waals surface area (Å²) in [5.74, 6) is 0. The van der Waals surface area contributed by atoms with Crippen molar-refractivity contribution in [2.45, 2.75) is 76.7 Å². The number of hydrogen-bond donors (Lipinski definition) is 1. The zero-order valence-corrected chi connectivity index (χ0v) is 19.4. The van der Waals surface area contributed by atoms with Crippen LogP contribution in [0.15, 0.2) is 24.3 Å². The van der Waals surface area contributed by atoms with Crippen LogP contribution in [0.5, 0.6) is 0 Å². The lowest BCUT2D eigenvalue weighted by Gasteiger charge is -2.43. The normalized spacial score (nSPS) is 18.6. The van der Waals surface area contributed by atoms with Gasteiger partial charge in [-0.1, -0.05) is 23.7 Å². The number of halogens is 1. The first-order valence-corrected chi connectivity index (χ1v) is 11.2. The Morgan fingerprint density at radius 2 is 1.71 bits per heavy atom. The minimum Gasteiger partial charge on any atom is -0.598 e. The third-order valence-corrected chi connectivity index (χ3v) is 6.68. The lowest BCUT2D eigenvalue weighted by Crippen LogP contribution is -2.60. The maximum absolute atomic E-state index is 12.9. The van der Waals surface area contributed by atoms with E-state index in [-0.39, 0.29) is 16.4 Å². The van der Waals surface area contributed by atoms with Crippen LogP contribution in [0, 0.1) is 0 Å². The molecule has 1 heterocycles. The Bertz CT molecular complexity index is 660. The van der Waals surface area contributed by atoms with Crippen LogP contribution < -0.4 is 4.72 Å². The van der Waals surface area contributed by atoms with Crippen molar-refractivity contribution in [2.24, 2.45) is 0 Å². The Kier molecular flexibility index (Phi) is 7.35. The number of carbonyl (C=O) groups excluding carboxylic acids is 1. The number of amides is 1. The predicted octanol–water partition coefficient (Wildman–Crippen LogP) is 4.70. The minimum absolute atomic E-state index is 0.287. The molecule has 0 radical (unpaired) electrons. The van der Waals surface area contributed by atoms with Gasteiger partial charge in [-0.25, -0.2) is 4.79 Å². The molecule has 1 aliphatic rings. The Balaban J connectivity index is 2.14. The van der Waals surface area contributed by atoms with E-state index in [2.05, 4.69) is 4.72 Å². The van der Waals surface area contributed by atoms with Crippen LogP contribution in [0.25, 0.3) is 0 Å². The number of ether oxygens (including phenoxy) is 1. The summed E-state index contributed by atoms with van der Waals surface area (Å²) in [6, 6.07) is 7.76.